The molecule has 19 heavy (non-hydrogen) atoms. The molecule has 1 fully saturated rings. The summed E-state index contributed by atoms with van der Waals surface area (Å²) >= 11 is 0. The van der Waals surface area contributed by atoms with Crippen molar-refractivity contribution in [1.29, 1.82) is 0 Å². The monoisotopic (exact) mass is 264 g/mol. The van der Waals surface area contributed by atoms with E-state index in [1.54, 1.807) is 0 Å². The van der Waals surface area contributed by atoms with E-state index in [0.29, 0.717) is 18.0 Å². The first-order chi connectivity index (χ1) is 9.07. The number of carbonyl (C=O) groups is 1. The Morgan fingerprint density at radius 2 is 2.11 bits per heavy atom. The van der Waals surface area contributed by atoms with E-state index < -0.39 is 0 Å². The smallest absolute Gasteiger partial charge is 0.251 e. The van der Waals surface area contributed by atoms with Gasteiger partial charge in [0.15, 0.2) is 0 Å². The van der Waals surface area contributed by atoms with Crippen molar-refractivity contribution in [3.8, 4) is 0 Å². The highest BCUT2D eigenvalue weighted by atomic mass is 19.1. The molecule has 0 heterocycles. The van der Waals surface area contributed by atoms with Gasteiger partial charge in [0.1, 0.15) is 5.82 Å². The fraction of sp³-hybridized carbons (Fsp3) is 0.533. The number of halogens is 1. The van der Waals surface area contributed by atoms with Gasteiger partial charge in [-0.25, -0.2) is 4.39 Å². The van der Waals surface area contributed by atoms with E-state index in [1.165, 1.54) is 30.7 Å². The van der Waals surface area contributed by atoms with Crippen molar-refractivity contribution < 1.29 is 9.18 Å². The van der Waals surface area contributed by atoms with Gasteiger partial charge < -0.3 is 11.1 Å². The first kappa shape index (κ1) is 14.0. The number of rotatable bonds is 3. The van der Waals surface area contributed by atoms with E-state index in [-0.39, 0.29) is 17.3 Å². The van der Waals surface area contributed by atoms with E-state index in [4.69, 9.17) is 5.73 Å². The van der Waals surface area contributed by atoms with Gasteiger partial charge in [-0.3, -0.25) is 4.79 Å². The maximum atomic E-state index is 12.9. The standard InChI is InChI=1S/C15H21FN2O/c1-11-4-2-3-9-15(11,10-17)18-14(19)12-5-7-13(16)8-6-12/h5-8,11H,2-4,9-10,17H2,1H3,(H,18,19). The molecule has 0 saturated heterocycles. The minimum Gasteiger partial charge on any atom is -0.345 e. The van der Waals surface area contributed by atoms with E-state index in [9.17, 15) is 9.18 Å². The highest BCUT2D eigenvalue weighted by Gasteiger charge is 2.38. The Hall–Kier alpha value is -1.42. The van der Waals surface area contributed by atoms with Crippen LogP contribution in [0.2, 0.25) is 0 Å². The molecule has 1 saturated carbocycles. The molecule has 0 radical (unpaired) electrons. The van der Waals surface area contributed by atoms with Crippen molar-refractivity contribution >= 4 is 5.91 Å². The summed E-state index contributed by atoms with van der Waals surface area (Å²) in [6.45, 7) is 2.58. The second kappa shape index (κ2) is 5.70. The van der Waals surface area contributed by atoms with Crippen molar-refractivity contribution in [2.24, 2.45) is 11.7 Å². The van der Waals surface area contributed by atoms with Crippen LogP contribution in [0.1, 0.15) is 43.0 Å². The summed E-state index contributed by atoms with van der Waals surface area (Å²) in [7, 11) is 0. The highest BCUT2D eigenvalue weighted by Crippen LogP contribution is 2.33. The van der Waals surface area contributed by atoms with Crippen LogP contribution in [0.5, 0.6) is 0 Å². The first-order valence-electron chi connectivity index (χ1n) is 6.85. The SMILES string of the molecule is CC1CCCCC1(CN)NC(=O)c1ccc(F)cc1. The fourth-order valence-electron chi connectivity index (χ4n) is 2.85. The molecule has 0 aromatic heterocycles. The number of carbonyl (C=O) groups excluding carboxylic acids is 1. The van der Waals surface area contributed by atoms with Crippen LogP contribution >= 0.6 is 0 Å². The average Bonchev–Trinajstić information content (AvgIpc) is 2.42. The molecule has 0 spiro atoms. The van der Waals surface area contributed by atoms with Gasteiger partial charge in [0, 0.05) is 12.1 Å². The second-order valence-electron chi connectivity index (χ2n) is 5.47. The van der Waals surface area contributed by atoms with E-state index in [1.807, 2.05) is 0 Å². The van der Waals surface area contributed by atoms with Crippen LogP contribution in [0.25, 0.3) is 0 Å². The summed E-state index contributed by atoms with van der Waals surface area (Å²) in [4.78, 5) is 12.2. The van der Waals surface area contributed by atoms with Gasteiger partial charge in [0.25, 0.3) is 5.91 Å². The molecule has 1 aromatic carbocycles. The molecule has 1 amide bonds. The van der Waals surface area contributed by atoms with Crippen molar-refractivity contribution in [2.45, 2.75) is 38.1 Å². The van der Waals surface area contributed by atoms with Crippen LogP contribution in [0.4, 0.5) is 4.39 Å². The van der Waals surface area contributed by atoms with Gasteiger partial charge in [-0.15, -0.1) is 0 Å². The van der Waals surface area contributed by atoms with E-state index in [2.05, 4.69) is 12.2 Å². The summed E-state index contributed by atoms with van der Waals surface area (Å²) in [5.41, 5.74) is 6.07. The number of hydrogen-bond acceptors (Lipinski definition) is 2. The summed E-state index contributed by atoms with van der Waals surface area (Å²) < 4.78 is 12.9. The number of benzene rings is 1. The molecule has 0 aliphatic heterocycles. The normalized spacial score (nSPS) is 27.0. The van der Waals surface area contributed by atoms with Gasteiger partial charge in [-0.05, 0) is 43.0 Å². The number of nitrogens with two attached hydrogens (primary N) is 1. The summed E-state index contributed by atoms with van der Waals surface area (Å²) in [6.07, 6.45) is 4.28. The van der Waals surface area contributed by atoms with Crippen LogP contribution in [-0.4, -0.2) is 18.0 Å². The van der Waals surface area contributed by atoms with Crippen LogP contribution in [0.3, 0.4) is 0 Å². The lowest BCUT2D eigenvalue weighted by Gasteiger charge is -2.42. The van der Waals surface area contributed by atoms with E-state index >= 15 is 0 Å². The maximum absolute atomic E-state index is 12.9. The zero-order chi connectivity index (χ0) is 13.9. The largest absolute Gasteiger partial charge is 0.345 e. The molecule has 3 nitrogen and oxygen atoms in total. The Balaban J connectivity index is 2.13. The fourth-order valence-corrected chi connectivity index (χ4v) is 2.85. The van der Waals surface area contributed by atoms with Gasteiger partial charge in [0.2, 0.25) is 0 Å². The summed E-state index contributed by atoms with van der Waals surface area (Å²) in [6, 6.07) is 5.60. The predicted molar refractivity (Wildman–Crippen MR) is 73.3 cm³/mol. The van der Waals surface area contributed by atoms with Crippen molar-refractivity contribution in [3.63, 3.8) is 0 Å². The Labute approximate surface area is 113 Å². The van der Waals surface area contributed by atoms with Crippen LogP contribution in [0, 0.1) is 11.7 Å². The molecule has 1 aromatic rings. The van der Waals surface area contributed by atoms with Crippen LogP contribution < -0.4 is 11.1 Å². The Morgan fingerprint density at radius 1 is 1.42 bits per heavy atom. The third-order valence-corrected chi connectivity index (χ3v) is 4.29. The van der Waals surface area contributed by atoms with Crippen molar-refractivity contribution in [3.05, 3.63) is 35.6 Å². The van der Waals surface area contributed by atoms with E-state index in [0.717, 1.165) is 19.3 Å². The average molecular weight is 264 g/mol. The Kier molecular flexibility index (Phi) is 4.20. The zero-order valence-corrected chi connectivity index (χ0v) is 11.3. The predicted octanol–water partition coefficient (Wildman–Crippen LogP) is 2.46. The first-order valence-corrected chi connectivity index (χ1v) is 6.85. The van der Waals surface area contributed by atoms with Gasteiger partial charge in [0.05, 0.1) is 5.54 Å². The third kappa shape index (κ3) is 2.95. The molecule has 1 aliphatic rings. The number of hydrogen-bond donors (Lipinski definition) is 2. The minimum absolute atomic E-state index is 0.167. The minimum atomic E-state index is -0.337. The Bertz CT molecular complexity index is 446. The number of amides is 1. The second-order valence-corrected chi connectivity index (χ2v) is 5.47. The molecule has 0 bridgehead atoms. The summed E-state index contributed by atoms with van der Waals surface area (Å²) in [5, 5.41) is 3.08. The highest BCUT2D eigenvalue weighted by molar-refractivity contribution is 5.94. The molecule has 3 N–H and O–H groups in total. The molecule has 104 valence electrons. The molecule has 4 heteroatoms. The van der Waals surface area contributed by atoms with Gasteiger partial charge in [-0.2, -0.15) is 0 Å². The van der Waals surface area contributed by atoms with Crippen molar-refractivity contribution in [1.82, 2.24) is 5.32 Å². The summed E-state index contributed by atoms with van der Waals surface area (Å²) in [5.74, 6) is -0.133. The number of nitrogens with one attached hydrogen (secondary N) is 1. The molecule has 2 rings (SSSR count). The van der Waals surface area contributed by atoms with Crippen LogP contribution in [0.15, 0.2) is 24.3 Å². The quantitative estimate of drug-likeness (QED) is 0.881. The lowest BCUT2D eigenvalue weighted by atomic mass is 9.73. The lowest BCUT2D eigenvalue weighted by Crippen LogP contribution is -2.59. The van der Waals surface area contributed by atoms with Crippen LogP contribution in [-0.2, 0) is 0 Å². The molecule has 1 aliphatic carbocycles. The molecular weight excluding hydrogens is 243 g/mol. The topological polar surface area (TPSA) is 55.1 Å². The van der Waals surface area contributed by atoms with Crippen molar-refractivity contribution in [2.75, 3.05) is 6.54 Å². The zero-order valence-electron chi connectivity index (χ0n) is 11.3. The Morgan fingerprint density at radius 3 is 2.68 bits per heavy atom. The third-order valence-electron chi connectivity index (χ3n) is 4.29. The maximum Gasteiger partial charge on any atom is 0.251 e. The van der Waals surface area contributed by atoms with Gasteiger partial charge in [-0.1, -0.05) is 19.8 Å². The molecule has 2 unspecified atom stereocenters. The lowest BCUT2D eigenvalue weighted by molar-refractivity contribution is 0.0813. The van der Waals surface area contributed by atoms with Gasteiger partial charge >= 0.3 is 0 Å². The molecule has 2 atom stereocenters. The molecular formula is C15H21FN2O.